The molecule has 142 valence electrons. The molecule has 7 nitrogen and oxygen atoms in total. The molecule has 0 atom stereocenters. The maximum absolute atomic E-state index is 12.5. The highest BCUT2D eigenvalue weighted by Crippen LogP contribution is 2.22. The van der Waals surface area contributed by atoms with Gasteiger partial charge in [0.15, 0.2) is 0 Å². The van der Waals surface area contributed by atoms with Crippen LogP contribution in [-0.2, 0) is 6.42 Å². The molecule has 4 rings (SSSR count). The molecule has 1 aromatic heterocycles. The fourth-order valence-electron chi connectivity index (χ4n) is 3.47. The molecule has 0 unspecified atom stereocenters. The van der Waals surface area contributed by atoms with Gasteiger partial charge in [0.1, 0.15) is 0 Å². The minimum Gasteiger partial charge on any atom is -0.350 e. The van der Waals surface area contributed by atoms with E-state index in [9.17, 15) is 14.4 Å². The summed E-state index contributed by atoms with van der Waals surface area (Å²) >= 11 is 0. The lowest BCUT2D eigenvalue weighted by Gasteiger charge is -2.14. The summed E-state index contributed by atoms with van der Waals surface area (Å²) in [6.07, 6.45) is 1.84. The number of aromatic amines is 1. The van der Waals surface area contributed by atoms with E-state index in [-0.39, 0.29) is 30.8 Å². The van der Waals surface area contributed by atoms with Gasteiger partial charge >= 0.3 is 0 Å². The van der Waals surface area contributed by atoms with Crippen LogP contribution in [0.2, 0.25) is 0 Å². The number of benzene rings is 2. The number of fused-ring (bicyclic) bond motifs is 2. The van der Waals surface area contributed by atoms with Crippen molar-refractivity contribution >= 4 is 28.6 Å². The molecule has 0 radical (unpaired) electrons. The van der Waals surface area contributed by atoms with E-state index in [1.807, 2.05) is 12.1 Å². The highest BCUT2D eigenvalue weighted by Gasteiger charge is 2.34. The average molecular weight is 376 g/mol. The molecule has 0 saturated carbocycles. The van der Waals surface area contributed by atoms with Crippen molar-refractivity contribution in [3.8, 4) is 0 Å². The van der Waals surface area contributed by atoms with E-state index < -0.39 is 0 Å². The van der Waals surface area contributed by atoms with Crippen molar-refractivity contribution in [2.45, 2.75) is 19.8 Å². The zero-order valence-electron chi connectivity index (χ0n) is 15.5. The quantitative estimate of drug-likeness (QED) is 0.646. The Bertz CT molecular complexity index is 1050. The van der Waals surface area contributed by atoms with Crippen molar-refractivity contribution in [1.82, 2.24) is 20.4 Å². The monoisotopic (exact) mass is 376 g/mol. The van der Waals surface area contributed by atoms with Crippen LogP contribution in [0.1, 0.15) is 50.1 Å². The second-order valence-corrected chi connectivity index (χ2v) is 6.75. The summed E-state index contributed by atoms with van der Waals surface area (Å²) in [6, 6.07) is 12.1. The van der Waals surface area contributed by atoms with Gasteiger partial charge in [-0.25, -0.2) is 0 Å². The molecule has 3 amide bonds. The van der Waals surface area contributed by atoms with Gasteiger partial charge in [-0.3, -0.25) is 24.4 Å². The predicted octanol–water partition coefficient (Wildman–Crippen LogP) is 2.54. The Morgan fingerprint density at radius 1 is 1.11 bits per heavy atom. The van der Waals surface area contributed by atoms with E-state index in [2.05, 4.69) is 22.4 Å². The fourth-order valence-corrected chi connectivity index (χ4v) is 3.47. The van der Waals surface area contributed by atoms with Gasteiger partial charge in [0.05, 0.1) is 16.6 Å². The third-order valence-corrected chi connectivity index (χ3v) is 4.89. The number of imide groups is 1. The maximum Gasteiger partial charge on any atom is 0.261 e. The molecular formula is C21H20N4O3. The van der Waals surface area contributed by atoms with Crippen molar-refractivity contribution < 1.29 is 14.4 Å². The number of aryl methyl sites for hydroxylation is 1. The zero-order chi connectivity index (χ0) is 19.7. The first-order valence-electron chi connectivity index (χ1n) is 9.30. The molecule has 28 heavy (non-hydrogen) atoms. The number of aromatic nitrogens is 2. The van der Waals surface area contributed by atoms with Crippen LogP contribution in [0.5, 0.6) is 0 Å². The summed E-state index contributed by atoms with van der Waals surface area (Å²) in [4.78, 5) is 38.4. The first-order valence-corrected chi connectivity index (χ1v) is 9.30. The van der Waals surface area contributed by atoms with Crippen molar-refractivity contribution in [2.75, 3.05) is 13.1 Å². The lowest BCUT2D eigenvalue weighted by Crippen LogP contribution is -2.38. The summed E-state index contributed by atoms with van der Waals surface area (Å²) in [5, 5.41) is 11.0. The Labute approximate surface area is 161 Å². The first-order chi connectivity index (χ1) is 13.6. The fraction of sp³-hybridized carbons (Fsp3) is 0.238. The number of hydrogen-bond acceptors (Lipinski definition) is 4. The van der Waals surface area contributed by atoms with E-state index in [1.54, 1.807) is 30.3 Å². The lowest BCUT2D eigenvalue weighted by atomic mass is 10.1. The van der Waals surface area contributed by atoms with Gasteiger partial charge in [0, 0.05) is 29.7 Å². The largest absolute Gasteiger partial charge is 0.350 e. The normalized spacial score (nSPS) is 13.2. The molecule has 2 aromatic carbocycles. The van der Waals surface area contributed by atoms with Crippen LogP contribution in [-0.4, -0.2) is 45.9 Å². The Kier molecular flexibility index (Phi) is 4.65. The smallest absolute Gasteiger partial charge is 0.261 e. The summed E-state index contributed by atoms with van der Waals surface area (Å²) < 4.78 is 0. The first kappa shape index (κ1) is 17.9. The predicted molar refractivity (Wildman–Crippen MR) is 104 cm³/mol. The van der Waals surface area contributed by atoms with Crippen molar-refractivity contribution in [3.05, 3.63) is 64.8 Å². The van der Waals surface area contributed by atoms with Crippen molar-refractivity contribution in [2.24, 2.45) is 0 Å². The number of carbonyl (C=O) groups is 3. The standard InChI is InChI=1S/C21H20N4O3/c1-2-5-17-16-12-13(8-9-18(16)24-23-17)19(26)22-10-11-25-20(27)14-6-3-4-7-15(14)21(25)28/h3-4,6-9,12H,2,5,10-11H2,1H3,(H,22,26)(H,23,24). The van der Waals surface area contributed by atoms with Crippen LogP contribution in [0.3, 0.4) is 0 Å². The van der Waals surface area contributed by atoms with Crippen molar-refractivity contribution in [3.63, 3.8) is 0 Å². The summed E-state index contributed by atoms with van der Waals surface area (Å²) in [6.45, 7) is 2.41. The number of nitrogens with one attached hydrogen (secondary N) is 2. The number of H-pyrrole nitrogens is 1. The van der Waals surface area contributed by atoms with Crippen molar-refractivity contribution in [1.29, 1.82) is 0 Å². The van der Waals surface area contributed by atoms with Gasteiger partial charge in [0.2, 0.25) is 0 Å². The van der Waals surface area contributed by atoms with Gasteiger partial charge in [-0.1, -0.05) is 25.5 Å². The highest BCUT2D eigenvalue weighted by molar-refractivity contribution is 6.21. The Balaban J connectivity index is 1.41. The Hall–Kier alpha value is -3.48. The molecule has 0 fully saturated rings. The van der Waals surface area contributed by atoms with E-state index in [4.69, 9.17) is 0 Å². The van der Waals surface area contributed by atoms with Crippen LogP contribution in [0.15, 0.2) is 42.5 Å². The summed E-state index contributed by atoms with van der Waals surface area (Å²) in [7, 11) is 0. The SMILES string of the molecule is CCCc1[nH]nc2ccc(C(=O)NCCN3C(=O)c4ccccc4C3=O)cc12. The molecular weight excluding hydrogens is 356 g/mol. The molecule has 0 saturated heterocycles. The van der Waals surface area contributed by atoms with Crippen LogP contribution >= 0.6 is 0 Å². The highest BCUT2D eigenvalue weighted by atomic mass is 16.2. The lowest BCUT2D eigenvalue weighted by molar-refractivity contribution is 0.0650. The molecule has 2 N–H and O–H groups in total. The topological polar surface area (TPSA) is 95.2 Å². The molecule has 1 aliphatic heterocycles. The molecule has 3 aromatic rings. The number of nitrogens with zero attached hydrogens (tertiary/aromatic N) is 2. The van der Waals surface area contributed by atoms with E-state index in [0.717, 1.165) is 29.4 Å². The number of amides is 3. The molecule has 2 heterocycles. The van der Waals surface area contributed by atoms with Crippen LogP contribution in [0.4, 0.5) is 0 Å². The van der Waals surface area contributed by atoms with Gasteiger partial charge in [-0.05, 0) is 36.8 Å². The number of carbonyl (C=O) groups excluding carboxylic acids is 3. The van der Waals surface area contributed by atoms with Gasteiger partial charge < -0.3 is 5.32 Å². The summed E-state index contributed by atoms with van der Waals surface area (Å²) in [5.74, 6) is -0.889. The average Bonchev–Trinajstić information content (AvgIpc) is 3.22. The third kappa shape index (κ3) is 3.05. The van der Waals surface area contributed by atoms with Crippen LogP contribution in [0.25, 0.3) is 10.9 Å². The molecule has 7 heteroatoms. The number of hydrogen-bond donors (Lipinski definition) is 2. The second kappa shape index (κ2) is 7.26. The summed E-state index contributed by atoms with van der Waals surface area (Å²) in [5.41, 5.74) is 3.18. The van der Waals surface area contributed by atoms with Gasteiger partial charge in [-0.15, -0.1) is 0 Å². The number of rotatable bonds is 6. The third-order valence-electron chi connectivity index (χ3n) is 4.89. The molecule has 1 aliphatic rings. The van der Waals surface area contributed by atoms with Crippen LogP contribution < -0.4 is 5.32 Å². The Morgan fingerprint density at radius 2 is 1.82 bits per heavy atom. The van der Waals surface area contributed by atoms with Gasteiger partial charge in [-0.2, -0.15) is 5.10 Å². The molecule has 0 spiro atoms. The van der Waals surface area contributed by atoms with E-state index >= 15 is 0 Å². The maximum atomic E-state index is 12.5. The van der Waals surface area contributed by atoms with Gasteiger partial charge in [0.25, 0.3) is 17.7 Å². The second-order valence-electron chi connectivity index (χ2n) is 6.75. The van der Waals surface area contributed by atoms with E-state index in [1.165, 1.54) is 4.90 Å². The molecule has 0 bridgehead atoms. The Morgan fingerprint density at radius 3 is 2.50 bits per heavy atom. The van der Waals surface area contributed by atoms with Crippen LogP contribution in [0, 0.1) is 0 Å². The zero-order valence-corrected chi connectivity index (χ0v) is 15.5. The minimum atomic E-state index is -0.320. The minimum absolute atomic E-state index is 0.132. The molecule has 0 aliphatic carbocycles. The van der Waals surface area contributed by atoms with E-state index in [0.29, 0.717) is 16.7 Å².